The second-order valence-electron chi connectivity index (χ2n) is 8.41. The number of hydrogen-bond acceptors (Lipinski definition) is 6. The third-order valence-electron chi connectivity index (χ3n) is 5.85. The Morgan fingerprint density at radius 1 is 1.06 bits per heavy atom. The fraction of sp³-hybridized carbons (Fsp3) is 0.269. The molecule has 5 rings (SSSR count). The Hall–Kier alpha value is -3.56. The van der Waals surface area contributed by atoms with E-state index in [0.717, 1.165) is 40.9 Å². The number of nitrogens with one attached hydrogen (secondary N) is 2. The maximum Gasteiger partial charge on any atom is 0.232 e. The fourth-order valence-electron chi connectivity index (χ4n) is 4.04. The Kier molecular flexibility index (Phi) is 7.15. The predicted octanol–water partition coefficient (Wildman–Crippen LogP) is 3.03. The number of ether oxygens (including phenoxy) is 1. The Labute approximate surface area is 206 Å². The van der Waals surface area contributed by atoms with Crippen molar-refractivity contribution in [2.45, 2.75) is 12.3 Å². The van der Waals surface area contributed by atoms with Gasteiger partial charge in [-0.25, -0.2) is 9.97 Å². The molecule has 9 heteroatoms. The lowest BCUT2D eigenvalue weighted by Crippen LogP contribution is -2.37. The van der Waals surface area contributed by atoms with Crippen molar-refractivity contribution in [2.24, 2.45) is 0 Å². The summed E-state index contributed by atoms with van der Waals surface area (Å²) in [4.78, 5) is 27.3. The molecule has 1 saturated heterocycles. The van der Waals surface area contributed by atoms with E-state index in [2.05, 4.69) is 15.2 Å². The molecule has 2 aromatic carbocycles. The number of fused-ring (bicyclic) bond motifs is 1. The maximum atomic E-state index is 12.9. The molecule has 0 saturated carbocycles. The monoisotopic (exact) mass is 489 g/mol. The van der Waals surface area contributed by atoms with Crippen molar-refractivity contribution in [3.05, 3.63) is 78.1 Å². The highest BCUT2D eigenvalue weighted by Crippen LogP contribution is 2.25. The van der Waals surface area contributed by atoms with E-state index in [-0.39, 0.29) is 17.4 Å². The smallest absolute Gasteiger partial charge is 0.232 e. The normalized spacial score (nSPS) is 14.7. The minimum Gasteiger partial charge on any atom is -0.378 e. The number of carbonyl (C=O) groups is 1. The van der Waals surface area contributed by atoms with Crippen LogP contribution < -0.4 is 10.2 Å². The summed E-state index contributed by atoms with van der Waals surface area (Å²) in [7, 11) is -1.40. The molecule has 3 heterocycles. The Bertz CT molecular complexity index is 1340. The summed E-state index contributed by atoms with van der Waals surface area (Å²) in [5.41, 5.74) is 3.59. The van der Waals surface area contributed by atoms with Gasteiger partial charge in [-0.2, -0.15) is 0 Å². The first-order valence-corrected chi connectivity index (χ1v) is 13.1. The molecular weight excluding hydrogens is 462 g/mol. The average molecular weight is 490 g/mol. The average Bonchev–Trinajstić information content (AvgIpc) is 3.36. The van der Waals surface area contributed by atoms with Crippen LogP contribution in [0, 0.1) is 0 Å². The number of nitrogens with zero attached hydrogens (tertiary/aromatic N) is 3. The highest BCUT2D eigenvalue weighted by Gasteiger charge is 2.18. The first kappa shape index (κ1) is 23.2. The number of carbonyl (C=O) groups excluding carboxylic acids is 1. The van der Waals surface area contributed by atoms with Gasteiger partial charge in [-0.1, -0.05) is 30.3 Å². The van der Waals surface area contributed by atoms with E-state index < -0.39 is 10.8 Å². The number of rotatable bonds is 8. The lowest BCUT2D eigenvalue weighted by Gasteiger charge is -2.28. The Morgan fingerprint density at radius 3 is 2.71 bits per heavy atom. The number of aromatic amines is 1. The number of anilines is 1. The van der Waals surface area contributed by atoms with Crippen LogP contribution in [0.3, 0.4) is 0 Å². The molecule has 1 amide bonds. The predicted molar refractivity (Wildman–Crippen MR) is 137 cm³/mol. The lowest BCUT2D eigenvalue weighted by molar-refractivity contribution is -0.118. The molecule has 0 radical (unpaired) electrons. The number of H-pyrrole nitrogens is 1. The quantitative estimate of drug-likeness (QED) is 0.395. The highest BCUT2D eigenvalue weighted by atomic mass is 32.2. The first-order chi connectivity index (χ1) is 17.1. The minimum atomic E-state index is -1.40. The van der Waals surface area contributed by atoms with Crippen LogP contribution in [0.25, 0.3) is 22.3 Å². The molecule has 1 atom stereocenters. The maximum absolute atomic E-state index is 12.9. The minimum absolute atomic E-state index is 0.0750. The van der Waals surface area contributed by atoms with Gasteiger partial charge in [-0.3, -0.25) is 9.00 Å². The summed E-state index contributed by atoms with van der Waals surface area (Å²) in [5, 5.41) is 3.91. The van der Waals surface area contributed by atoms with Gasteiger partial charge < -0.3 is 19.9 Å². The molecule has 0 aliphatic carbocycles. The van der Waals surface area contributed by atoms with Crippen molar-refractivity contribution in [2.75, 3.05) is 37.0 Å². The number of amides is 1. The summed E-state index contributed by atoms with van der Waals surface area (Å²) in [6, 6.07) is 19.6. The molecule has 4 aromatic rings. The number of benzene rings is 2. The van der Waals surface area contributed by atoms with Crippen LogP contribution in [0.2, 0.25) is 0 Å². The van der Waals surface area contributed by atoms with Crippen LogP contribution in [0.4, 0.5) is 5.82 Å². The van der Waals surface area contributed by atoms with Crippen molar-refractivity contribution in [1.82, 2.24) is 20.3 Å². The van der Waals surface area contributed by atoms with Crippen molar-refractivity contribution in [3.8, 4) is 11.4 Å². The van der Waals surface area contributed by atoms with E-state index in [4.69, 9.17) is 14.7 Å². The van der Waals surface area contributed by atoms with Crippen LogP contribution in [0.15, 0.2) is 66.9 Å². The third kappa shape index (κ3) is 5.93. The molecule has 35 heavy (non-hydrogen) atoms. The highest BCUT2D eigenvalue weighted by molar-refractivity contribution is 7.84. The summed E-state index contributed by atoms with van der Waals surface area (Å²) in [6.45, 7) is 3.15. The molecule has 8 nitrogen and oxygen atoms in total. The van der Waals surface area contributed by atoms with Crippen LogP contribution in [0.1, 0.15) is 11.3 Å². The van der Waals surface area contributed by atoms with Gasteiger partial charge in [0.2, 0.25) is 5.91 Å². The van der Waals surface area contributed by atoms with E-state index in [1.165, 1.54) is 0 Å². The van der Waals surface area contributed by atoms with Gasteiger partial charge in [0.15, 0.2) is 5.82 Å². The van der Waals surface area contributed by atoms with E-state index >= 15 is 0 Å². The summed E-state index contributed by atoms with van der Waals surface area (Å²) < 4.78 is 18.3. The lowest BCUT2D eigenvalue weighted by atomic mass is 10.1. The Morgan fingerprint density at radius 2 is 1.89 bits per heavy atom. The molecule has 1 fully saturated rings. The molecule has 1 aliphatic heterocycles. The zero-order valence-electron chi connectivity index (χ0n) is 19.3. The molecule has 2 N–H and O–H groups in total. The fourth-order valence-corrected chi connectivity index (χ4v) is 5.02. The summed E-state index contributed by atoms with van der Waals surface area (Å²) in [5.74, 6) is 1.23. The van der Waals surface area contributed by atoms with E-state index in [0.29, 0.717) is 31.3 Å². The third-order valence-corrected chi connectivity index (χ3v) is 7.05. The van der Waals surface area contributed by atoms with Gasteiger partial charge in [0, 0.05) is 59.2 Å². The van der Waals surface area contributed by atoms with E-state index in [1.807, 2.05) is 66.9 Å². The zero-order chi connectivity index (χ0) is 24.0. The van der Waals surface area contributed by atoms with Gasteiger partial charge in [-0.15, -0.1) is 0 Å². The number of morpholine rings is 1. The molecule has 0 spiro atoms. The van der Waals surface area contributed by atoms with Gasteiger partial charge in [-0.05, 0) is 29.8 Å². The molecular formula is C26H27N5O3S. The standard InChI is InChI=1S/C26H27N5O3S/c32-25(28-16-19-4-2-1-3-5-19)18-35(33)17-22-15-24(31-10-12-34-13-11-31)30-26(29-22)21-6-7-23-20(14-21)8-9-27-23/h1-9,14-15,27H,10-13,16-18H2,(H,28,32). The van der Waals surface area contributed by atoms with Gasteiger partial charge in [0.25, 0.3) is 0 Å². The van der Waals surface area contributed by atoms with Gasteiger partial charge in [0.1, 0.15) is 11.6 Å². The largest absolute Gasteiger partial charge is 0.378 e. The van der Waals surface area contributed by atoms with Crippen LogP contribution in [-0.4, -0.2) is 57.1 Å². The zero-order valence-corrected chi connectivity index (χ0v) is 20.1. The van der Waals surface area contributed by atoms with E-state index in [9.17, 15) is 9.00 Å². The Balaban J connectivity index is 1.33. The van der Waals surface area contributed by atoms with E-state index in [1.54, 1.807) is 0 Å². The molecule has 0 bridgehead atoms. The van der Waals surface area contributed by atoms with Crippen LogP contribution in [-0.2, 0) is 32.6 Å². The number of aromatic nitrogens is 3. The first-order valence-electron chi connectivity index (χ1n) is 11.6. The molecule has 2 aromatic heterocycles. The molecule has 1 unspecified atom stereocenters. The summed E-state index contributed by atoms with van der Waals surface area (Å²) >= 11 is 0. The van der Waals surface area contributed by atoms with Crippen molar-refractivity contribution in [1.29, 1.82) is 0 Å². The van der Waals surface area contributed by atoms with Crippen molar-refractivity contribution in [3.63, 3.8) is 0 Å². The van der Waals surface area contributed by atoms with Crippen molar-refractivity contribution < 1.29 is 13.7 Å². The second kappa shape index (κ2) is 10.8. The molecule has 1 aliphatic rings. The topological polar surface area (TPSA) is 100 Å². The molecule has 180 valence electrons. The van der Waals surface area contributed by atoms with Crippen LogP contribution >= 0.6 is 0 Å². The van der Waals surface area contributed by atoms with Crippen LogP contribution in [0.5, 0.6) is 0 Å². The summed E-state index contributed by atoms with van der Waals surface area (Å²) in [6.07, 6.45) is 1.90. The SMILES string of the molecule is O=C(CS(=O)Cc1cc(N2CCOCC2)nc(-c2ccc3[nH]ccc3c2)n1)NCc1ccccc1. The van der Waals surface area contributed by atoms with Crippen molar-refractivity contribution >= 4 is 33.4 Å². The second-order valence-corrected chi connectivity index (χ2v) is 9.87. The van der Waals surface area contributed by atoms with Gasteiger partial charge >= 0.3 is 0 Å². The van der Waals surface area contributed by atoms with Gasteiger partial charge in [0.05, 0.1) is 24.7 Å². The number of hydrogen-bond donors (Lipinski definition) is 2.